The maximum atomic E-state index is 11.7. The molecule has 1 fully saturated rings. The van der Waals surface area contributed by atoms with E-state index in [0.717, 1.165) is 19.3 Å². The summed E-state index contributed by atoms with van der Waals surface area (Å²) < 4.78 is 0. The van der Waals surface area contributed by atoms with E-state index in [1.807, 2.05) is 6.92 Å². The Hall–Kier alpha value is -1.10. The zero-order valence-electron chi connectivity index (χ0n) is 10.4. The molecular weight excluding hydrogens is 220 g/mol. The van der Waals surface area contributed by atoms with Crippen LogP contribution in [0.3, 0.4) is 0 Å². The van der Waals surface area contributed by atoms with Crippen LogP contribution in [-0.2, 0) is 9.59 Å². The first-order valence-corrected chi connectivity index (χ1v) is 6.30. The molecule has 1 saturated carbocycles. The molecule has 98 valence electrons. The summed E-state index contributed by atoms with van der Waals surface area (Å²) in [5, 5.41) is 12.0. The molecule has 0 heterocycles. The fourth-order valence-electron chi connectivity index (χ4n) is 2.25. The quantitative estimate of drug-likeness (QED) is 0.671. The molecule has 0 aromatic carbocycles. The summed E-state index contributed by atoms with van der Waals surface area (Å²) in [6.07, 6.45) is 4.71. The highest BCUT2D eigenvalue weighted by Crippen LogP contribution is 2.28. The summed E-state index contributed by atoms with van der Waals surface area (Å²) in [5.41, 5.74) is 4.64. The molecule has 0 aromatic rings. The summed E-state index contributed by atoms with van der Waals surface area (Å²) in [4.78, 5) is 23.1. The van der Waals surface area contributed by atoms with Crippen LogP contribution in [0, 0.1) is 0 Å². The predicted molar refractivity (Wildman–Crippen MR) is 64.5 cm³/mol. The number of carboxylic acids is 1. The van der Waals surface area contributed by atoms with Crippen LogP contribution in [0.15, 0.2) is 0 Å². The molecule has 5 heteroatoms. The number of hydrogen-bond donors (Lipinski definition) is 3. The van der Waals surface area contributed by atoms with Crippen molar-refractivity contribution in [1.29, 1.82) is 0 Å². The second-order valence-corrected chi connectivity index (χ2v) is 4.87. The lowest BCUT2D eigenvalue weighted by Gasteiger charge is -2.34. The topological polar surface area (TPSA) is 92.4 Å². The van der Waals surface area contributed by atoms with Crippen molar-refractivity contribution in [3.05, 3.63) is 0 Å². The molecule has 0 aliphatic heterocycles. The molecule has 0 radical (unpaired) electrons. The van der Waals surface area contributed by atoms with Crippen LogP contribution >= 0.6 is 0 Å². The fraction of sp³-hybridized carbons (Fsp3) is 0.833. The summed E-state index contributed by atoms with van der Waals surface area (Å²) >= 11 is 0. The number of hydrogen-bond acceptors (Lipinski definition) is 3. The average Bonchev–Trinajstić information content (AvgIpc) is 2.29. The van der Waals surface area contributed by atoms with E-state index in [0.29, 0.717) is 19.3 Å². The van der Waals surface area contributed by atoms with Gasteiger partial charge in [0.2, 0.25) is 5.91 Å². The van der Waals surface area contributed by atoms with E-state index < -0.39 is 11.5 Å². The maximum Gasteiger partial charge on any atom is 0.329 e. The molecule has 1 amide bonds. The number of carbonyl (C=O) groups is 2. The van der Waals surface area contributed by atoms with Crippen molar-refractivity contribution in [2.24, 2.45) is 5.73 Å². The van der Waals surface area contributed by atoms with Gasteiger partial charge in [-0.2, -0.15) is 0 Å². The number of rotatable bonds is 5. The minimum absolute atomic E-state index is 0.190. The zero-order chi connectivity index (χ0) is 12.9. The van der Waals surface area contributed by atoms with Crippen LogP contribution in [0.2, 0.25) is 0 Å². The van der Waals surface area contributed by atoms with E-state index in [1.54, 1.807) is 0 Å². The summed E-state index contributed by atoms with van der Waals surface area (Å²) in [7, 11) is 0. The molecule has 5 nitrogen and oxygen atoms in total. The summed E-state index contributed by atoms with van der Waals surface area (Å²) in [6.45, 7) is 1.91. The van der Waals surface area contributed by atoms with Crippen molar-refractivity contribution in [3.63, 3.8) is 0 Å². The predicted octanol–water partition coefficient (Wildman–Crippen LogP) is 1.02. The first-order chi connectivity index (χ1) is 8.00. The van der Waals surface area contributed by atoms with Crippen LogP contribution in [0.4, 0.5) is 0 Å². The van der Waals surface area contributed by atoms with Gasteiger partial charge in [0.25, 0.3) is 0 Å². The monoisotopic (exact) mass is 242 g/mol. The van der Waals surface area contributed by atoms with Gasteiger partial charge in [-0.05, 0) is 19.3 Å². The van der Waals surface area contributed by atoms with E-state index >= 15 is 0 Å². The SMILES string of the molecule is CCC(N)CC(=O)NC1(C(=O)O)CCCCC1. The van der Waals surface area contributed by atoms with Gasteiger partial charge in [-0.15, -0.1) is 0 Å². The van der Waals surface area contributed by atoms with Gasteiger partial charge < -0.3 is 16.2 Å². The maximum absolute atomic E-state index is 11.7. The molecule has 4 N–H and O–H groups in total. The van der Waals surface area contributed by atoms with Crippen molar-refractivity contribution in [1.82, 2.24) is 5.32 Å². The Morgan fingerprint density at radius 3 is 2.41 bits per heavy atom. The van der Waals surface area contributed by atoms with Gasteiger partial charge in [0.15, 0.2) is 0 Å². The molecule has 0 aromatic heterocycles. The summed E-state index contributed by atoms with van der Waals surface area (Å²) in [5.74, 6) is -1.17. The Bertz CT molecular complexity index is 285. The van der Waals surface area contributed by atoms with Crippen molar-refractivity contribution < 1.29 is 14.7 Å². The van der Waals surface area contributed by atoms with Crippen LogP contribution in [0.1, 0.15) is 51.9 Å². The molecule has 1 aliphatic rings. The van der Waals surface area contributed by atoms with Gasteiger partial charge in [-0.3, -0.25) is 4.79 Å². The molecule has 0 saturated heterocycles. The van der Waals surface area contributed by atoms with E-state index in [-0.39, 0.29) is 18.4 Å². The Morgan fingerprint density at radius 2 is 1.94 bits per heavy atom. The number of nitrogens with one attached hydrogen (secondary N) is 1. The third-order valence-electron chi connectivity index (χ3n) is 3.47. The molecule has 1 aliphatic carbocycles. The van der Waals surface area contributed by atoms with Gasteiger partial charge >= 0.3 is 5.97 Å². The van der Waals surface area contributed by atoms with Gasteiger partial charge in [0.1, 0.15) is 5.54 Å². The minimum Gasteiger partial charge on any atom is -0.480 e. The smallest absolute Gasteiger partial charge is 0.329 e. The largest absolute Gasteiger partial charge is 0.480 e. The standard InChI is InChI=1S/C12H22N2O3/c1-2-9(13)8-10(15)14-12(11(16)17)6-4-3-5-7-12/h9H,2-8,13H2,1H3,(H,14,15)(H,16,17). The molecular formula is C12H22N2O3. The Kier molecular flexibility index (Phi) is 4.93. The van der Waals surface area contributed by atoms with Crippen molar-refractivity contribution in [3.8, 4) is 0 Å². The number of aliphatic carboxylic acids is 1. The van der Waals surface area contributed by atoms with Gasteiger partial charge in [-0.1, -0.05) is 26.2 Å². The van der Waals surface area contributed by atoms with E-state index in [9.17, 15) is 14.7 Å². The highest BCUT2D eigenvalue weighted by atomic mass is 16.4. The van der Waals surface area contributed by atoms with E-state index in [2.05, 4.69) is 5.32 Å². The number of amides is 1. The number of nitrogens with two attached hydrogens (primary N) is 1. The molecule has 1 rings (SSSR count). The Morgan fingerprint density at radius 1 is 1.35 bits per heavy atom. The van der Waals surface area contributed by atoms with Crippen LogP contribution in [-0.4, -0.2) is 28.6 Å². The van der Waals surface area contributed by atoms with Crippen LogP contribution in [0.5, 0.6) is 0 Å². The number of carbonyl (C=O) groups excluding carboxylic acids is 1. The van der Waals surface area contributed by atoms with E-state index in [4.69, 9.17) is 5.73 Å². The summed E-state index contributed by atoms with van der Waals surface area (Å²) in [6, 6.07) is -0.190. The lowest BCUT2D eigenvalue weighted by molar-refractivity contribution is -0.149. The first-order valence-electron chi connectivity index (χ1n) is 6.30. The van der Waals surface area contributed by atoms with Crippen LogP contribution in [0.25, 0.3) is 0 Å². The normalized spacial score (nSPS) is 20.6. The lowest BCUT2D eigenvalue weighted by atomic mass is 9.81. The average molecular weight is 242 g/mol. The third kappa shape index (κ3) is 3.70. The molecule has 1 unspecified atom stereocenters. The Labute approximate surface area is 102 Å². The van der Waals surface area contributed by atoms with Crippen molar-refractivity contribution in [2.75, 3.05) is 0 Å². The highest BCUT2D eigenvalue weighted by Gasteiger charge is 2.40. The van der Waals surface area contributed by atoms with Gasteiger partial charge in [0, 0.05) is 12.5 Å². The van der Waals surface area contributed by atoms with Crippen molar-refractivity contribution in [2.45, 2.75) is 63.5 Å². The van der Waals surface area contributed by atoms with Gasteiger partial charge in [0.05, 0.1) is 0 Å². The molecule has 1 atom stereocenters. The molecule has 0 bridgehead atoms. The second-order valence-electron chi connectivity index (χ2n) is 4.87. The highest BCUT2D eigenvalue weighted by molar-refractivity contribution is 5.87. The zero-order valence-corrected chi connectivity index (χ0v) is 10.4. The van der Waals surface area contributed by atoms with Crippen LogP contribution < -0.4 is 11.1 Å². The second kappa shape index (κ2) is 6.00. The third-order valence-corrected chi connectivity index (χ3v) is 3.47. The molecule has 17 heavy (non-hydrogen) atoms. The van der Waals surface area contributed by atoms with Crippen molar-refractivity contribution >= 4 is 11.9 Å². The lowest BCUT2D eigenvalue weighted by Crippen LogP contribution is -2.56. The van der Waals surface area contributed by atoms with E-state index in [1.165, 1.54) is 0 Å². The minimum atomic E-state index is -1.05. The fourth-order valence-corrected chi connectivity index (χ4v) is 2.25. The van der Waals surface area contributed by atoms with Gasteiger partial charge in [-0.25, -0.2) is 4.79 Å². The first kappa shape index (κ1) is 14.0. The molecule has 0 spiro atoms. The Balaban J connectivity index is 2.60. The number of carboxylic acid groups (broad SMARTS) is 1.